The van der Waals surface area contributed by atoms with Gasteiger partial charge in [0.15, 0.2) is 6.29 Å². The molecule has 3 aromatic rings. The Morgan fingerprint density at radius 2 is 2.07 bits per heavy atom. The van der Waals surface area contributed by atoms with Crippen LogP contribution in [0, 0.1) is 0 Å². The summed E-state index contributed by atoms with van der Waals surface area (Å²) in [6, 6.07) is 9.84. The number of benzene rings is 1. The molecule has 0 aliphatic carbocycles. The number of alkyl halides is 3. The second-order valence-electron chi connectivity index (χ2n) is 7.50. The summed E-state index contributed by atoms with van der Waals surface area (Å²) in [6.45, 7) is 1.73. The van der Waals surface area contributed by atoms with Gasteiger partial charge < -0.3 is 15.0 Å². The fourth-order valence-electron chi connectivity index (χ4n) is 4.15. The molecule has 2 saturated heterocycles. The van der Waals surface area contributed by atoms with Crippen molar-refractivity contribution in [2.45, 2.75) is 24.7 Å². The molecule has 0 amide bonds. The van der Waals surface area contributed by atoms with Crippen LogP contribution in [0.3, 0.4) is 0 Å². The van der Waals surface area contributed by atoms with Crippen molar-refractivity contribution >= 4 is 22.9 Å². The Bertz CT molecular complexity index is 1120. The molecule has 2 fully saturated rings. The monoisotopic (exact) mass is 414 g/mol. The summed E-state index contributed by atoms with van der Waals surface area (Å²) in [7, 11) is 0. The highest BCUT2D eigenvalue weighted by molar-refractivity contribution is 5.96. The minimum absolute atomic E-state index is 0.0609. The van der Waals surface area contributed by atoms with E-state index in [1.54, 1.807) is 24.3 Å². The predicted molar refractivity (Wildman–Crippen MR) is 104 cm³/mol. The zero-order valence-corrected chi connectivity index (χ0v) is 15.7. The van der Waals surface area contributed by atoms with E-state index >= 15 is 0 Å². The van der Waals surface area contributed by atoms with Crippen molar-refractivity contribution in [3.63, 3.8) is 0 Å². The van der Waals surface area contributed by atoms with Crippen molar-refractivity contribution < 1.29 is 22.7 Å². The number of ether oxygens (including phenoxy) is 1. The van der Waals surface area contributed by atoms with E-state index in [4.69, 9.17) is 4.74 Å². The molecule has 30 heavy (non-hydrogen) atoms. The molecule has 5 rings (SSSR count). The van der Waals surface area contributed by atoms with Crippen molar-refractivity contribution in [2.24, 2.45) is 0 Å². The molecular weight excluding hydrogens is 397 g/mol. The Balaban J connectivity index is 1.50. The Kier molecular flexibility index (Phi) is 4.35. The molecule has 1 aromatic carbocycles. The van der Waals surface area contributed by atoms with Crippen LogP contribution in [0.25, 0.3) is 10.9 Å². The minimum Gasteiger partial charge on any atom is -0.439 e. The number of hydrogen-bond acceptors (Lipinski definition) is 6. The van der Waals surface area contributed by atoms with Crippen LogP contribution in [0.2, 0.25) is 0 Å². The van der Waals surface area contributed by atoms with Gasteiger partial charge in [0, 0.05) is 48.5 Å². The van der Waals surface area contributed by atoms with E-state index in [1.807, 2.05) is 0 Å². The van der Waals surface area contributed by atoms with Crippen LogP contribution in [-0.4, -0.2) is 41.4 Å². The lowest BCUT2D eigenvalue weighted by molar-refractivity contribution is -0.137. The van der Waals surface area contributed by atoms with Crippen LogP contribution in [-0.2, 0) is 6.18 Å². The van der Waals surface area contributed by atoms with Gasteiger partial charge in [0.2, 0.25) is 5.88 Å². The van der Waals surface area contributed by atoms with Crippen LogP contribution in [0.4, 0.5) is 18.9 Å². The van der Waals surface area contributed by atoms with Gasteiger partial charge in [-0.15, -0.1) is 0 Å². The lowest BCUT2D eigenvalue weighted by atomic mass is 10.1. The molecule has 4 heterocycles. The summed E-state index contributed by atoms with van der Waals surface area (Å²) in [6.07, 6.45) is -1.93. The molecule has 2 atom stereocenters. The molecule has 0 spiro atoms. The van der Waals surface area contributed by atoms with E-state index < -0.39 is 11.7 Å². The van der Waals surface area contributed by atoms with Gasteiger partial charge in [0.1, 0.15) is 11.4 Å². The maximum absolute atomic E-state index is 12.7. The molecule has 2 aliphatic rings. The van der Waals surface area contributed by atoms with Crippen molar-refractivity contribution in [1.29, 1.82) is 0 Å². The van der Waals surface area contributed by atoms with Crippen molar-refractivity contribution in [2.75, 3.05) is 18.0 Å². The van der Waals surface area contributed by atoms with Gasteiger partial charge >= 0.3 is 6.18 Å². The maximum Gasteiger partial charge on any atom is 0.417 e. The number of anilines is 1. The zero-order chi connectivity index (χ0) is 20.9. The second-order valence-corrected chi connectivity index (χ2v) is 7.50. The number of aldehydes is 1. The molecule has 0 saturated carbocycles. The van der Waals surface area contributed by atoms with Crippen LogP contribution in [0.1, 0.15) is 22.5 Å². The molecule has 9 heteroatoms. The topological polar surface area (TPSA) is 67.4 Å². The third kappa shape index (κ3) is 3.35. The number of hydrogen-bond donors (Lipinski definition) is 1. The SMILES string of the molecule is O=Cc1cc(N2C[C@@H]3C[C@H]2CN3)c2cc(Oc3ccc(C(F)(F)F)cn3)ccc2n1. The number of piperazine rings is 1. The number of halogens is 3. The first-order valence-corrected chi connectivity index (χ1v) is 9.52. The largest absolute Gasteiger partial charge is 0.439 e. The standard InChI is InChI=1S/C21H17F3N4O2/c22-21(23,24)12-1-4-20(26-8-12)30-16-2-3-18-17(7-16)19(6-14(11-29)27-18)28-10-13-5-15(28)9-25-13/h1-4,6-8,11,13,15,25H,5,9-10H2/t13-,15-/m0/s1. The van der Waals surface area contributed by atoms with Crippen LogP contribution in [0.5, 0.6) is 11.6 Å². The fourth-order valence-corrected chi connectivity index (χ4v) is 4.15. The Hall–Kier alpha value is -3.20. The maximum atomic E-state index is 12.7. The smallest absolute Gasteiger partial charge is 0.417 e. The summed E-state index contributed by atoms with van der Waals surface area (Å²) in [5.74, 6) is 0.491. The average Bonchev–Trinajstić information content (AvgIpc) is 3.36. The third-order valence-electron chi connectivity index (χ3n) is 5.55. The fraction of sp³-hybridized carbons (Fsp3) is 0.286. The molecule has 2 bridgehead atoms. The van der Waals surface area contributed by atoms with Gasteiger partial charge in [-0.25, -0.2) is 9.97 Å². The minimum atomic E-state index is -4.45. The van der Waals surface area contributed by atoms with E-state index in [0.717, 1.165) is 49.1 Å². The molecule has 2 aromatic heterocycles. The van der Waals surface area contributed by atoms with Crippen LogP contribution >= 0.6 is 0 Å². The Labute approximate surface area is 169 Å². The van der Waals surface area contributed by atoms with Crippen LogP contribution in [0.15, 0.2) is 42.6 Å². The molecule has 6 nitrogen and oxygen atoms in total. The summed E-state index contributed by atoms with van der Waals surface area (Å²) >= 11 is 0. The number of nitrogens with zero attached hydrogens (tertiary/aromatic N) is 3. The zero-order valence-electron chi connectivity index (χ0n) is 15.7. The van der Waals surface area contributed by atoms with Gasteiger partial charge in [-0.1, -0.05) is 0 Å². The summed E-state index contributed by atoms with van der Waals surface area (Å²) in [5, 5.41) is 4.27. The highest BCUT2D eigenvalue weighted by Crippen LogP contribution is 2.37. The third-order valence-corrected chi connectivity index (χ3v) is 5.55. The first-order chi connectivity index (χ1) is 14.4. The average molecular weight is 414 g/mol. The molecule has 2 aliphatic heterocycles. The lowest BCUT2D eigenvalue weighted by Crippen LogP contribution is -2.43. The highest BCUT2D eigenvalue weighted by Gasteiger charge is 2.38. The number of nitrogens with one attached hydrogen (secondary N) is 1. The molecule has 1 N–H and O–H groups in total. The highest BCUT2D eigenvalue weighted by atomic mass is 19.4. The van der Waals surface area contributed by atoms with E-state index in [1.165, 1.54) is 6.07 Å². The number of carbonyl (C=O) groups excluding carboxylic acids is 1. The number of aromatic nitrogens is 2. The van der Waals surface area contributed by atoms with E-state index in [2.05, 4.69) is 20.2 Å². The van der Waals surface area contributed by atoms with E-state index in [0.29, 0.717) is 29.0 Å². The first kappa shape index (κ1) is 18.8. The van der Waals surface area contributed by atoms with Crippen molar-refractivity contribution in [1.82, 2.24) is 15.3 Å². The second kappa shape index (κ2) is 6.94. The van der Waals surface area contributed by atoms with Gasteiger partial charge in [-0.05, 0) is 36.8 Å². The quantitative estimate of drug-likeness (QED) is 0.655. The van der Waals surface area contributed by atoms with Crippen molar-refractivity contribution in [3.05, 3.63) is 53.9 Å². The lowest BCUT2D eigenvalue weighted by Gasteiger charge is -2.30. The number of fused-ring (bicyclic) bond motifs is 3. The summed E-state index contributed by atoms with van der Waals surface area (Å²) in [5.41, 5.74) is 1.07. The molecule has 0 unspecified atom stereocenters. The van der Waals surface area contributed by atoms with Crippen LogP contribution < -0.4 is 15.0 Å². The summed E-state index contributed by atoms with van der Waals surface area (Å²) in [4.78, 5) is 21.8. The normalized spacial score (nSPS) is 20.7. The summed E-state index contributed by atoms with van der Waals surface area (Å²) < 4.78 is 43.8. The van der Waals surface area contributed by atoms with Gasteiger partial charge in [-0.2, -0.15) is 13.2 Å². The van der Waals surface area contributed by atoms with Crippen molar-refractivity contribution in [3.8, 4) is 11.6 Å². The van der Waals surface area contributed by atoms with E-state index in [9.17, 15) is 18.0 Å². The van der Waals surface area contributed by atoms with E-state index in [-0.39, 0.29) is 5.88 Å². The number of rotatable bonds is 4. The Morgan fingerprint density at radius 3 is 2.70 bits per heavy atom. The predicted octanol–water partition coefficient (Wildman–Crippen LogP) is 3.80. The number of carbonyl (C=O) groups is 1. The molecule has 154 valence electrons. The number of pyridine rings is 2. The molecular formula is C21H17F3N4O2. The van der Waals surface area contributed by atoms with Gasteiger partial charge in [0.25, 0.3) is 0 Å². The first-order valence-electron chi connectivity index (χ1n) is 9.52. The Morgan fingerprint density at radius 1 is 1.20 bits per heavy atom. The molecule has 0 radical (unpaired) electrons. The van der Waals surface area contributed by atoms with Gasteiger partial charge in [-0.3, -0.25) is 4.79 Å². The van der Waals surface area contributed by atoms with Gasteiger partial charge in [0.05, 0.1) is 11.1 Å².